The number of rotatable bonds is 4. The van der Waals surface area contributed by atoms with Gasteiger partial charge in [0.15, 0.2) is 0 Å². The second kappa shape index (κ2) is 7.06. The molecule has 21 heavy (non-hydrogen) atoms. The van der Waals surface area contributed by atoms with Crippen molar-refractivity contribution in [3.05, 3.63) is 30.1 Å². The number of likely N-dealkylation sites (tertiary alicyclic amines) is 1. The Bertz CT molecular complexity index is 492. The Labute approximate surface area is 124 Å². The van der Waals surface area contributed by atoms with E-state index >= 15 is 0 Å². The highest BCUT2D eigenvalue weighted by molar-refractivity contribution is 5.76. The van der Waals surface area contributed by atoms with Crippen LogP contribution < -0.4 is 5.32 Å². The lowest BCUT2D eigenvalue weighted by molar-refractivity contribution is -0.138. The second-order valence-electron chi connectivity index (χ2n) is 5.39. The number of aromatic nitrogens is 1. The number of piperidine rings is 1. The minimum Gasteiger partial charge on any atom is -0.481 e. The quantitative estimate of drug-likeness (QED) is 0.890. The lowest BCUT2D eigenvalue weighted by Crippen LogP contribution is -2.49. The molecule has 0 radical (unpaired) electrons. The van der Waals surface area contributed by atoms with E-state index in [2.05, 4.69) is 10.3 Å². The van der Waals surface area contributed by atoms with Crippen molar-refractivity contribution in [1.82, 2.24) is 15.2 Å². The van der Waals surface area contributed by atoms with Gasteiger partial charge in [0, 0.05) is 25.0 Å². The minimum absolute atomic E-state index is 0.0110. The molecule has 2 N–H and O–H groups in total. The van der Waals surface area contributed by atoms with E-state index in [-0.39, 0.29) is 24.5 Å². The number of nitrogens with one attached hydrogen (secondary N) is 1. The smallest absolute Gasteiger partial charge is 0.318 e. The molecule has 2 unspecified atom stereocenters. The molecule has 1 aliphatic rings. The van der Waals surface area contributed by atoms with Crippen LogP contribution in [0.4, 0.5) is 4.79 Å². The maximum atomic E-state index is 12.4. The molecule has 114 valence electrons. The fourth-order valence-corrected chi connectivity index (χ4v) is 2.69. The predicted octanol–water partition coefficient (Wildman–Crippen LogP) is 2.18. The first-order chi connectivity index (χ1) is 10.1. The number of carboxylic acid groups (broad SMARTS) is 1. The molecule has 2 amide bonds. The van der Waals surface area contributed by atoms with E-state index in [1.807, 2.05) is 19.1 Å². The van der Waals surface area contributed by atoms with Gasteiger partial charge in [0.25, 0.3) is 0 Å². The lowest BCUT2D eigenvalue weighted by atomic mass is 10.00. The first kappa shape index (κ1) is 15.3. The van der Waals surface area contributed by atoms with Gasteiger partial charge in [0.2, 0.25) is 0 Å². The molecule has 1 aromatic rings. The SMILES string of the molecule is CC(NC(=O)N1CCCCC1CC(=O)O)c1ccncc1. The molecule has 1 aliphatic heterocycles. The van der Waals surface area contributed by atoms with E-state index in [9.17, 15) is 9.59 Å². The number of nitrogens with zero attached hydrogens (tertiary/aromatic N) is 2. The number of carbonyl (C=O) groups excluding carboxylic acids is 1. The molecule has 6 heteroatoms. The molecule has 2 rings (SSSR count). The Morgan fingerprint density at radius 2 is 2.14 bits per heavy atom. The number of carbonyl (C=O) groups is 2. The summed E-state index contributed by atoms with van der Waals surface area (Å²) in [5.74, 6) is -0.859. The predicted molar refractivity (Wildman–Crippen MR) is 77.8 cm³/mol. The largest absolute Gasteiger partial charge is 0.481 e. The fraction of sp³-hybridized carbons (Fsp3) is 0.533. The number of hydrogen-bond donors (Lipinski definition) is 2. The maximum absolute atomic E-state index is 12.4. The molecular formula is C15H21N3O3. The summed E-state index contributed by atoms with van der Waals surface area (Å²) in [4.78, 5) is 28.9. The highest BCUT2D eigenvalue weighted by Gasteiger charge is 2.29. The van der Waals surface area contributed by atoms with Crippen LogP contribution in [-0.4, -0.2) is 39.6 Å². The van der Waals surface area contributed by atoms with E-state index in [1.165, 1.54) is 0 Å². The average Bonchev–Trinajstić information content (AvgIpc) is 2.48. The van der Waals surface area contributed by atoms with E-state index in [4.69, 9.17) is 5.11 Å². The molecular weight excluding hydrogens is 270 g/mol. The van der Waals surface area contributed by atoms with Crippen LogP contribution >= 0.6 is 0 Å². The van der Waals surface area contributed by atoms with E-state index in [0.717, 1.165) is 24.8 Å². The van der Waals surface area contributed by atoms with Crippen LogP contribution in [0.25, 0.3) is 0 Å². The highest BCUT2D eigenvalue weighted by Crippen LogP contribution is 2.21. The summed E-state index contributed by atoms with van der Waals surface area (Å²) >= 11 is 0. The standard InChI is InChI=1S/C15H21N3O3/c1-11(12-5-7-16-8-6-12)17-15(21)18-9-3-2-4-13(18)10-14(19)20/h5-8,11,13H,2-4,9-10H2,1H3,(H,17,21)(H,19,20). The number of aliphatic carboxylic acids is 1. The average molecular weight is 291 g/mol. The third-order valence-corrected chi connectivity index (χ3v) is 3.84. The second-order valence-corrected chi connectivity index (χ2v) is 5.39. The van der Waals surface area contributed by atoms with Crippen molar-refractivity contribution >= 4 is 12.0 Å². The summed E-state index contributed by atoms with van der Waals surface area (Å²) in [6.45, 7) is 2.52. The van der Waals surface area contributed by atoms with Gasteiger partial charge in [-0.1, -0.05) is 0 Å². The first-order valence-corrected chi connectivity index (χ1v) is 7.27. The van der Waals surface area contributed by atoms with Gasteiger partial charge in [-0.05, 0) is 43.9 Å². The summed E-state index contributed by atoms with van der Waals surface area (Å²) < 4.78 is 0. The fourth-order valence-electron chi connectivity index (χ4n) is 2.69. The van der Waals surface area contributed by atoms with Crippen LogP contribution in [0.3, 0.4) is 0 Å². The van der Waals surface area contributed by atoms with Gasteiger partial charge in [-0.2, -0.15) is 0 Å². The molecule has 6 nitrogen and oxygen atoms in total. The molecule has 0 aromatic carbocycles. The number of amides is 2. The molecule has 0 bridgehead atoms. The summed E-state index contributed by atoms with van der Waals surface area (Å²) in [5, 5.41) is 11.9. The molecule has 2 atom stereocenters. The molecule has 0 aliphatic carbocycles. The monoisotopic (exact) mass is 291 g/mol. The van der Waals surface area contributed by atoms with E-state index < -0.39 is 5.97 Å². The van der Waals surface area contributed by atoms with Crippen molar-refractivity contribution < 1.29 is 14.7 Å². The summed E-state index contributed by atoms with van der Waals surface area (Å²) in [6.07, 6.45) is 6.04. The zero-order valence-corrected chi connectivity index (χ0v) is 12.2. The highest BCUT2D eigenvalue weighted by atomic mass is 16.4. The van der Waals surface area contributed by atoms with Gasteiger partial charge in [-0.15, -0.1) is 0 Å². The van der Waals surface area contributed by atoms with Gasteiger partial charge in [-0.3, -0.25) is 9.78 Å². The molecule has 1 saturated heterocycles. The Morgan fingerprint density at radius 3 is 2.81 bits per heavy atom. The van der Waals surface area contributed by atoms with Gasteiger partial charge in [0.05, 0.1) is 12.5 Å². The third kappa shape index (κ3) is 4.18. The minimum atomic E-state index is -0.859. The van der Waals surface area contributed by atoms with E-state index in [0.29, 0.717) is 6.54 Å². The molecule has 1 aromatic heterocycles. The Morgan fingerprint density at radius 1 is 1.43 bits per heavy atom. The maximum Gasteiger partial charge on any atom is 0.318 e. The number of urea groups is 1. The normalized spacial score (nSPS) is 19.9. The Hall–Kier alpha value is -2.11. The Balaban J connectivity index is 1.98. The summed E-state index contributed by atoms with van der Waals surface area (Å²) in [6, 6.07) is 3.19. The third-order valence-electron chi connectivity index (χ3n) is 3.84. The van der Waals surface area contributed by atoms with Gasteiger partial charge < -0.3 is 15.3 Å². The summed E-state index contributed by atoms with van der Waals surface area (Å²) in [7, 11) is 0. The van der Waals surface area contributed by atoms with Crippen LogP contribution in [0.5, 0.6) is 0 Å². The Kier molecular flexibility index (Phi) is 5.14. The van der Waals surface area contributed by atoms with Crippen molar-refractivity contribution in [2.45, 2.75) is 44.7 Å². The molecule has 1 fully saturated rings. The van der Waals surface area contributed by atoms with Crippen molar-refractivity contribution in [3.8, 4) is 0 Å². The van der Waals surface area contributed by atoms with Crippen LogP contribution in [0, 0.1) is 0 Å². The number of carboxylic acids is 1. The molecule has 0 saturated carbocycles. The van der Waals surface area contributed by atoms with Crippen LogP contribution in [-0.2, 0) is 4.79 Å². The van der Waals surface area contributed by atoms with Gasteiger partial charge >= 0.3 is 12.0 Å². The van der Waals surface area contributed by atoms with Crippen LogP contribution in [0.2, 0.25) is 0 Å². The zero-order chi connectivity index (χ0) is 15.2. The molecule has 2 heterocycles. The van der Waals surface area contributed by atoms with Crippen LogP contribution in [0.15, 0.2) is 24.5 Å². The van der Waals surface area contributed by atoms with Gasteiger partial charge in [0.1, 0.15) is 0 Å². The van der Waals surface area contributed by atoms with Crippen molar-refractivity contribution in [3.63, 3.8) is 0 Å². The number of hydrogen-bond acceptors (Lipinski definition) is 3. The summed E-state index contributed by atoms with van der Waals surface area (Å²) in [5.41, 5.74) is 0.977. The van der Waals surface area contributed by atoms with Crippen molar-refractivity contribution in [1.29, 1.82) is 0 Å². The first-order valence-electron chi connectivity index (χ1n) is 7.27. The van der Waals surface area contributed by atoms with Crippen LogP contribution in [0.1, 0.15) is 44.2 Å². The zero-order valence-electron chi connectivity index (χ0n) is 12.2. The van der Waals surface area contributed by atoms with Crippen molar-refractivity contribution in [2.24, 2.45) is 0 Å². The number of pyridine rings is 1. The van der Waals surface area contributed by atoms with Gasteiger partial charge in [-0.25, -0.2) is 4.79 Å². The molecule has 0 spiro atoms. The van der Waals surface area contributed by atoms with Crippen molar-refractivity contribution in [2.75, 3.05) is 6.54 Å². The van der Waals surface area contributed by atoms with E-state index in [1.54, 1.807) is 17.3 Å². The topological polar surface area (TPSA) is 82.5 Å². The lowest BCUT2D eigenvalue weighted by Gasteiger charge is -2.35.